The molecule has 6 nitrogen and oxygen atoms in total. The minimum absolute atomic E-state index is 0.0292. The Balaban J connectivity index is 1.89. The van der Waals surface area contributed by atoms with Crippen molar-refractivity contribution in [3.05, 3.63) is 102 Å². The van der Waals surface area contributed by atoms with E-state index in [1.54, 1.807) is 18.2 Å². The molecule has 0 aliphatic carbocycles. The Kier molecular flexibility index (Phi) is 7.73. The number of fused-ring (bicyclic) bond motifs is 1. The zero-order valence-corrected chi connectivity index (χ0v) is 21.6. The molecule has 0 spiro atoms. The summed E-state index contributed by atoms with van der Waals surface area (Å²) in [5, 5.41) is 12.6. The van der Waals surface area contributed by atoms with E-state index < -0.39 is 16.0 Å². The first-order valence-electron chi connectivity index (χ1n) is 11.4. The highest BCUT2D eigenvalue weighted by atomic mass is 32.2. The van der Waals surface area contributed by atoms with Gasteiger partial charge in [0.2, 0.25) is 5.88 Å². The first kappa shape index (κ1) is 25.4. The van der Waals surface area contributed by atoms with Gasteiger partial charge < -0.3 is 4.18 Å². The summed E-state index contributed by atoms with van der Waals surface area (Å²) in [6, 6.07) is 22.4. The maximum atomic E-state index is 13.1. The molecule has 0 fully saturated rings. The SMILES string of the molecule is C=CCSc1nc(OS(=O)(=O)c2ccc(C)cc2)c(CC)c(C(C#N)c2cccc3ccccc23)n1. The molecule has 4 aromatic rings. The van der Waals surface area contributed by atoms with Gasteiger partial charge in [-0.2, -0.15) is 18.7 Å². The van der Waals surface area contributed by atoms with Gasteiger partial charge in [0.25, 0.3) is 0 Å². The van der Waals surface area contributed by atoms with Crippen LogP contribution in [0.2, 0.25) is 0 Å². The van der Waals surface area contributed by atoms with E-state index in [0.29, 0.717) is 28.6 Å². The van der Waals surface area contributed by atoms with Crippen molar-refractivity contribution in [1.82, 2.24) is 9.97 Å². The molecule has 0 bridgehead atoms. The van der Waals surface area contributed by atoms with Crippen LogP contribution in [0.15, 0.2) is 89.4 Å². The minimum atomic E-state index is -4.15. The summed E-state index contributed by atoms with van der Waals surface area (Å²) in [5.41, 5.74) is 2.64. The molecule has 3 aromatic carbocycles. The molecule has 1 unspecified atom stereocenters. The van der Waals surface area contributed by atoms with E-state index >= 15 is 0 Å². The molecule has 0 amide bonds. The Morgan fingerprint density at radius 2 is 1.81 bits per heavy atom. The lowest BCUT2D eigenvalue weighted by molar-refractivity contribution is 0.466. The average molecular weight is 516 g/mol. The van der Waals surface area contributed by atoms with Crippen LogP contribution in [0.5, 0.6) is 5.88 Å². The van der Waals surface area contributed by atoms with Crippen LogP contribution in [-0.2, 0) is 16.5 Å². The Bertz CT molecular complexity index is 1550. The molecule has 0 aliphatic rings. The normalized spacial score (nSPS) is 12.1. The van der Waals surface area contributed by atoms with Crippen LogP contribution in [0.3, 0.4) is 0 Å². The smallest absolute Gasteiger partial charge is 0.340 e. The number of thioether (sulfide) groups is 1. The Labute approximate surface area is 215 Å². The minimum Gasteiger partial charge on any atom is -0.358 e. The molecule has 0 N–H and O–H groups in total. The zero-order chi connectivity index (χ0) is 25.7. The highest BCUT2D eigenvalue weighted by molar-refractivity contribution is 7.99. The summed E-state index contributed by atoms with van der Waals surface area (Å²) in [5.74, 6) is -0.294. The molecular formula is C28H25N3O3S2. The van der Waals surface area contributed by atoms with E-state index in [0.717, 1.165) is 21.9 Å². The molecule has 0 saturated carbocycles. The largest absolute Gasteiger partial charge is 0.358 e. The topological polar surface area (TPSA) is 92.9 Å². The van der Waals surface area contributed by atoms with Crippen LogP contribution in [0, 0.1) is 18.3 Å². The highest BCUT2D eigenvalue weighted by Gasteiger charge is 2.28. The summed E-state index contributed by atoms with van der Waals surface area (Å²) >= 11 is 1.29. The molecule has 0 saturated heterocycles. The predicted molar refractivity (Wildman–Crippen MR) is 143 cm³/mol. The molecule has 8 heteroatoms. The van der Waals surface area contributed by atoms with Gasteiger partial charge in [0.05, 0.1) is 11.8 Å². The van der Waals surface area contributed by atoms with Gasteiger partial charge in [0.15, 0.2) is 5.16 Å². The summed E-state index contributed by atoms with van der Waals surface area (Å²) in [7, 11) is -4.15. The van der Waals surface area contributed by atoms with Crippen molar-refractivity contribution >= 4 is 32.7 Å². The monoisotopic (exact) mass is 515 g/mol. The van der Waals surface area contributed by atoms with Gasteiger partial charge in [0.1, 0.15) is 10.8 Å². The first-order valence-corrected chi connectivity index (χ1v) is 13.8. The lowest BCUT2D eigenvalue weighted by atomic mass is 9.89. The van der Waals surface area contributed by atoms with E-state index in [1.165, 1.54) is 23.9 Å². The van der Waals surface area contributed by atoms with E-state index in [4.69, 9.17) is 9.17 Å². The van der Waals surface area contributed by atoms with Crippen LogP contribution in [0.1, 0.15) is 35.2 Å². The Morgan fingerprint density at radius 3 is 2.50 bits per heavy atom. The second kappa shape index (κ2) is 10.9. The predicted octanol–water partition coefficient (Wildman–Crippen LogP) is 6.20. The van der Waals surface area contributed by atoms with Gasteiger partial charge in [0, 0.05) is 11.3 Å². The van der Waals surface area contributed by atoms with E-state index in [1.807, 2.05) is 56.3 Å². The number of benzene rings is 3. The molecular weight excluding hydrogens is 490 g/mol. The van der Waals surface area contributed by atoms with Gasteiger partial charge in [-0.15, -0.1) is 6.58 Å². The Hall–Kier alpha value is -3.67. The van der Waals surface area contributed by atoms with E-state index in [2.05, 4.69) is 17.6 Å². The molecule has 182 valence electrons. The van der Waals surface area contributed by atoms with Crippen LogP contribution in [-0.4, -0.2) is 24.1 Å². The van der Waals surface area contributed by atoms with Crippen LogP contribution in [0.25, 0.3) is 10.8 Å². The fourth-order valence-electron chi connectivity index (χ4n) is 3.93. The van der Waals surface area contributed by atoms with Gasteiger partial charge in [-0.05, 0) is 41.8 Å². The number of aryl methyl sites for hydroxylation is 1. The van der Waals surface area contributed by atoms with Crippen molar-refractivity contribution in [2.45, 2.75) is 36.2 Å². The van der Waals surface area contributed by atoms with Gasteiger partial charge in [-0.3, -0.25) is 0 Å². The molecule has 4 rings (SSSR count). The van der Waals surface area contributed by atoms with E-state index in [-0.39, 0.29) is 10.8 Å². The van der Waals surface area contributed by atoms with Crippen molar-refractivity contribution in [2.24, 2.45) is 0 Å². The number of hydrogen-bond donors (Lipinski definition) is 0. The van der Waals surface area contributed by atoms with Crippen LogP contribution < -0.4 is 4.18 Å². The van der Waals surface area contributed by atoms with Crippen LogP contribution in [0.4, 0.5) is 0 Å². The summed E-state index contributed by atoms with van der Waals surface area (Å²) in [4.78, 5) is 9.18. The number of rotatable bonds is 9. The van der Waals surface area contributed by atoms with Crippen molar-refractivity contribution in [3.8, 4) is 11.9 Å². The fraction of sp³-hybridized carbons (Fsp3) is 0.179. The third-order valence-electron chi connectivity index (χ3n) is 5.70. The van der Waals surface area contributed by atoms with E-state index in [9.17, 15) is 13.7 Å². The summed E-state index contributed by atoms with van der Waals surface area (Å²) < 4.78 is 31.9. The second-order valence-corrected chi connectivity index (χ2v) is 10.6. The second-order valence-electron chi connectivity index (χ2n) is 8.11. The third-order valence-corrected chi connectivity index (χ3v) is 7.77. The number of hydrogen-bond acceptors (Lipinski definition) is 7. The van der Waals surface area contributed by atoms with Crippen molar-refractivity contribution in [1.29, 1.82) is 5.26 Å². The molecule has 1 atom stereocenters. The molecule has 1 aromatic heterocycles. The lowest BCUT2D eigenvalue weighted by Crippen LogP contribution is -2.16. The maximum absolute atomic E-state index is 13.1. The molecule has 0 radical (unpaired) electrons. The highest BCUT2D eigenvalue weighted by Crippen LogP contribution is 2.36. The fourth-order valence-corrected chi connectivity index (χ4v) is 5.42. The first-order chi connectivity index (χ1) is 17.4. The number of nitrogens with zero attached hydrogens (tertiary/aromatic N) is 3. The van der Waals surface area contributed by atoms with Gasteiger partial charge in [-0.25, -0.2) is 4.98 Å². The zero-order valence-electron chi connectivity index (χ0n) is 20.0. The molecule has 0 aliphatic heterocycles. The summed E-state index contributed by atoms with van der Waals surface area (Å²) in [6.45, 7) is 7.48. The van der Waals surface area contributed by atoms with Crippen molar-refractivity contribution in [2.75, 3.05) is 5.75 Å². The molecule has 1 heterocycles. The van der Waals surface area contributed by atoms with Crippen molar-refractivity contribution in [3.63, 3.8) is 0 Å². The summed E-state index contributed by atoms with van der Waals surface area (Å²) in [6.07, 6.45) is 2.08. The van der Waals surface area contributed by atoms with Crippen molar-refractivity contribution < 1.29 is 12.6 Å². The lowest BCUT2D eigenvalue weighted by Gasteiger charge is -2.18. The number of nitriles is 1. The van der Waals surface area contributed by atoms with Gasteiger partial charge >= 0.3 is 10.1 Å². The quantitative estimate of drug-likeness (QED) is 0.113. The Morgan fingerprint density at radius 1 is 1.08 bits per heavy atom. The third kappa shape index (κ3) is 5.27. The standard InChI is InChI=1S/C28H25N3O3S2/c1-4-17-35-28-30-26(25(18-29)24-12-8-10-20-9-6-7-11-23(20)24)22(5-2)27(31-28)34-36(32,33)21-15-13-19(3)14-16-21/h4,6-16,25H,1,5,17H2,2-3H3. The van der Waals surface area contributed by atoms with Crippen LogP contribution >= 0.6 is 11.8 Å². The van der Waals surface area contributed by atoms with Gasteiger partial charge in [-0.1, -0.05) is 84.9 Å². The number of aromatic nitrogens is 2. The average Bonchev–Trinajstić information content (AvgIpc) is 2.88. The molecule has 36 heavy (non-hydrogen) atoms. The maximum Gasteiger partial charge on any atom is 0.340 e.